The summed E-state index contributed by atoms with van der Waals surface area (Å²) in [6.45, 7) is 0. The summed E-state index contributed by atoms with van der Waals surface area (Å²) >= 11 is 0. The van der Waals surface area contributed by atoms with Crippen LogP contribution in [0.15, 0.2) is 78.9 Å². The van der Waals surface area contributed by atoms with Crippen LogP contribution in [-0.4, -0.2) is 26.0 Å². The number of esters is 1. The highest BCUT2D eigenvalue weighted by atomic mass is 16.5. The topological polar surface area (TPSA) is 61.8 Å². The van der Waals surface area contributed by atoms with Gasteiger partial charge in [0.15, 0.2) is 5.78 Å². The van der Waals surface area contributed by atoms with Crippen LogP contribution in [0.2, 0.25) is 0 Å². The molecule has 0 N–H and O–H groups in total. The second-order valence-electron chi connectivity index (χ2n) is 6.09. The van der Waals surface area contributed by atoms with Crippen molar-refractivity contribution in [2.24, 2.45) is 0 Å². The molecule has 5 nitrogen and oxygen atoms in total. The first-order chi connectivity index (χ1) is 14.1. The summed E-state index contributed by atoms with van der Waals surface area (Å²) in [4.78, 5) is 24.7. The summed E-state index contributed by atoms with van der Waals surface area (Å²) in [5, 5.41) is 0. The van der Waals surface area contributed by atoms with Gasteiger partial charge in [0, 0.05) is 5.56 Å². The zero-order valence-electron chi connectivity index (χ0n) is 16.1. The van der Waals surface area contributed by atoms with E-state index in [-0.39, 0.29) is 5.78 Å². The molecule has 146 valence electrons. The van der Waals surface area contributed by atoms with E-state index in [2.05, 4.69) is 0 Å². The van der Waals surface area contributed by atoms with E-state index in [4.69, 9.17) is 14.2 Å². The monoisotopic (exact) mass is 388 g/mol. The third kappa shape index (κ3) is 5.11. The highest BCUT2D eigenvalue weighted by Gasteiger charge is 2.14. The molecule has 0 amide bonds. The lowest BCUT2D eigenvalue weighted by molar-refractivity contribution is 0.0731. The van der Waals surface area contributed by atoms with Crippen LogP contribution in [-0.2, 0) is 0 Å². The lowest BCUT2D eigenvalue weighted by Crippen LogP contribution is -2.10. The Labute approximate surface area is 169 Å². The van der Waals surface area contributed by atoms with Gasteiger partial charge in [0.25, 0.3) is 0 Å². The number of hydrogen-bond acceptors (Lipinski definition) is 5. The first-order valence-corrected chi connectivity index (χ1v) is 8.92. The lowest BCUT2D eigenvalue weighted by Gasteiger charge is -2.08. The van der Waals surface area contributed by atoms with Crippen molar-refractivity contribution in [2.75, 3.05) is 14.2 Å². The number of para-hydroxylation sites is 1. The molecule has 3 aromatic carbocycles. The van der Waals surface area contributed by atoms with Crippen LogP contribution < -0.4 is 14.2 Å². The fraction of sp³-hybridized carbons (Fsp3) is 0.0833. The van der Waals surface area contributed by atoms with E-state index in [1.807, 2.05) is 24.3 Å². The Morgan fingerprint density at radius 1 is 0.793 bits per heavy atom. The normalized spacial score (nSPS) is 10.6. The fourth-order valence-corrected chi connectivity index (χ4v) is 2.68. The molecule has 0 bridgehead atoms. The quantitative estimate of drug-likeness (QED) is 0.251. The number of allylic oxidation sites excluding steroid dienone is 1. The average molecular weight is 388 g/mol. The van der Waals surface area contributed by atoms with Crippen LogP contribution >= 0.6 is 0 Å². The maximum Gasteiger partial charge on any atom is 0.347 e. The number of ether oxygens (including phenoxy) is 3. The van der Waals surface area contributed by atoms with Gasteiger partial charge in [0.2, 0.25) is 0 Å². The van der Waals surface area contributed by atoms with Gasteiger partial charge in [-0.3, -0.25) is 4.79 Å². The summed E-state index contributed by atoms with van der Waals surface area (Å²) in [6.07, 6.45) is 3.21. The van der Waals surface area contributed by atoms with Crippen molar-refractivity contribution in [3.05, 3.63) is 95.6 Å². The molecule has 3 rings (SSSR count). The van der Waals surface area contributed by atoms with Gasteiger partial charge in [0.05, 0.1) is 14.2 Å². The van der Waals surface area contributed by atoms with Crippen molar-refractivity contribution in [3.63, 3.8) is 0 Å². The van der Waals surface area contributed by atoms with Crippen molar-refractivity contribution in [1.29, 1.82) is 0 Å². The summed E-state index contributed by atoms with van der Waals surface area (Å²) in [5.41, 5.74) is 1.68. The van der Waals surface area contributed by atoms with E-state index in [1.165, 1.54) is 13.2 Å². The van der Waals surface area contributed by atoms with Crippen molar-refractivity contribution in [2.45, 2.75) is 0 Å². The number of rotatable bonds is 7. The van der Waals surface area contributed by atoms with Crippen molar-refractivity contribution in [1.82, 2.24) is 0 Å². The molecular weight excluding hydrogens is 368 g/mol. The molecule has 0 heterocycles. The van der Waals surface area contributed by atoms with Crippen LogP contribution in [0.4, 0.5) is 0 Å². The van der Waals surface area contributed by atoms with Crippen molar-refractivity contribution >= 4 is 17.8 Å². The number of carbonyl (C=O) groups excluding carboxylic acids is 2. The molecule has 0 saturated heterocycles. The highest BCUT2D eigenvalue weighted by molar-refractivity contribution is 6.07. The first kappa shape index (κ1) is 19.9. The van der Waals surface area contributed by atoms with Gasteiger partial charge in [-0.2, -0.15) is 0 Å². The largest absolute Gasteiger partial charge is 0.497 e. The second-order valence-corrected chi connectivity index (χ2v) is 6.09. The zero-order valence-corrected chi connectivity index (χ0v) is 16.1. The Kier molecular flexibility index (Phi) is 6.43. The summed E-state index contributed by atoms with van der Waals surface area (Å²) in [7, 11) is 3.09. The van der Waals surface area contributed by atoms with E-state index in [1.54, 1.807) is 61.7 Å². The van der Waals surface area contributed by atoms with E-state index >= 15 is 0 Å². The minimum absolute atomic E-state index is 0.157. The van der Waals surface area contributed by atoms with Gasteiger partial charge in [-0.1, -0.05) is 30.3 Å². The van der Waals surface area contributed by atoms with Gasteiger partial charge in [0.1, 0.15) is 22.8 Å². The maximum atomic E-state index is 12.4. The van der Waals surface area contributed by atoms with Gasteiger partial charge in [-0.15, -0.1) is 0 Å². The van der Waals surface area contributed by atoms with Crippen molar-refractivity contribution in [3.8, 4) is 17.2 Å². The van der Waals surface area contributed by atoms with Crippen LogP contribution in [0.5, 0.6) is 17.2 Å². The molecule has 0 aliphatic carbocycles. The number of methoxy groups -OCH3 is 2. The van der Waals surface area contributed by atoms with Gasteiger partial charge < -0.3 is 14.2 Å². The molecule has 0 aliphatic heterocycles. The SMILES string of the molecule is COc1cccc(C=CC(=O)c2ccc(OC(=O)c3ccccc3OC)cc2)c1. The third-order valence-electron chi connectivity index (χ3n) is 4.20. The predicted molar refractivity (Wildman–Crippen MR) is 111 cm³/mol. The smallest absolute Gasteiger partial charge is 0.347 e. The molecule has 5 heteroatoms. The van der Waals surface area contributed by atoms with Gasteiger partial charge in [-0.25, -0.2) is 4.79 Å². The fourth-order valence-electron chi connectivity index (χ4n) is 2.68. The van der Waals surface area contributed by atoms with E-state index < -0.39 is 5.97 Å². The summed E-state index contributed by atoms with van der Waals surface area (Å²) < 4.78 is 15.7. The van der Waals surface area contributed by atoms with Crippen LogP contribution in [0.3, 0.4) is 0 Å². The highest BCUT2D eigenvalue weighted by Crippen LogP contribution is 2.21. The Morgan fingerprint density at radius 3 is 2.28 bits per heavy atom. The third-order valence-corrected chi connectivity index (χ3v) is 4.20. The maximum absolute atomic E-state index is 12.4. The molecule has 0 spiro atoms. The minimum Gasteiger partial charge on any atom is -0.497 e. The second kappa shape index (κ2) is 9.37. The molecule has 0 unspecified atom stereocenters. The molecule has 0 saturated carbocycles. The van der Waals surface area contributed by atoms with E-state index in [0.29, 0.717) is 22.6 Å². The van der Waals surface area contributed by atoms with Crippen molar-refractivity contribution < 1.29 is 23.8 Å². The Hall–Kier alpha value is -3.86. The van der Waals surface area contributed by atoms with Gasteiger partial charge >= 0.3 is 5.97 Å². The van der Waals surface area contributed by atoms with Gasteiger partial charge in [-0.05, 0) is 60.2 Å². The molecule has 0 aromatic heterocycles. The molecule has 29 heavy (non-hydrogen) atoms. The van der Waals surface area contributed by atoms with E-state index in [0.717, 1.165) is 11.3 Å². The molecule has 0 fully saturated rings. The zero-order chi connectivity index (χ0) is 20.6. The average Bonchev–Trinajstić information content (AvgIpc) is 2.78. The van der Waals surface area contributed by atoms with Crippen LogP contribution in [0.1, 0.15) is 26.3 Å². The summed E-state index contributed by atoms with van der Waals surface area (Å²) in [6, 6.07) is 20.6. The summed E-state index contributed by atoms with van der Waals surface area (Å²) in [5.74, 6) is 0.817. The number of ketones is 1. The van der Waals surface area contributed by atoms with Crippen LogP contribution in [0.25, 0.3) is 6.08 Å². The lowest BCUT2D eigenvalue weighted by atomic mass is 10.1. The number of carbonyl (C=O) groups is 2. The predicted octanol–water partition coefficient (Wildman–Crippen LogP) is 4.82. The standard InChI is InChI=1S/C24H20O5/c1-27-20-7-5-6-17(16-20)10-15-22(25)18-11-13-19(14-12-18)29-24(26)21-8-3-4-9-23(21)28-2/h3-16H,1-2H3. The Balaban J connectivity index is 1.67. The Bertz CT molecular complexity index is 1040. The first-order valence-electron chi connectivity index (χ1n) is 8.92. The molecule has 3 aromatic rings. The Morgan fingerprint density at radius 2 is 1.55 bits per heavy atom. The number of hydrogen-bond donors (Lipinski definition) is 0. The molecular formula is C24H20O5. The minimum atomic E-state index is -0.528. The number of benzene rings is 3. The van der Waals surface area contributed by atoms with E-state index in [9.17, 15) is 9.59 Å². The molecule has 0 radical (unpaired) electrons. The molecule has 0 atom stereocenters. The van der Waals surface area contributed by atoms with Crippen LogP contribution in [0, 0.1) is 0 Å². The molecule has 0 aliphatic rings.